The van der Waals surface area contributed by atoms with E-state index in [4.69, 9.17) is 22.1 Å². The molecule has 1 aliphatic carbocycles. The highest BCUT2D eigenvalue weighted by Crippen LogP contribution is 2.36. The van der Waals surface area contributed by atoms with Crippen molar-refractivity contribution in [2.24, 2.45) is 5.73 Å². The quantitative estimate of drug-likeness (QED) is 0.528. The van der Waals surface area contributed by atoms with Gasteiger partial charge in [0.15, 0.2) is 12.4 Å². The van der Waals surface area contributed by atoms with E-state index in [2.05, 4.69) is 12.1 Å². The number of carbonyl (C=O) groups excluding carboxylic acids is 2. The van der Waals surface area contributed by atoms with Crippen LogP contribution < -0.4 is 10.5 Å². The van der Waals surface area contributed by atoms with E-state index in [1.165, 1.54) is 23.3 Å². The molecular formula is C22H16ClNO3. The lowest BCUT2D eigenvalue weighted by atomic mass is 10.0. The maximum atomic E-state index is 12.6. The van der Waals surface area contributed by atoms with Crippen LogP contribution in [0.2, 0.25) is 5.02 Å². The molecule has 0 atom stereocenters. The zero-order valence-electron chi connectivity index (χ0n) is 14.4. The molecule has 0 radical (unpaired) electrons. The topological polar surface area (TPSA) is 69.4 Å². The lowest BCUT2D eigenvalue weighted by Gasteiger charge is -2.10. The van der Waals surface area contributed by atoms with Crippen molar-refractivity contribution in [2.75, 3.05) is 6.61 Å². The highest BCUT2D eigenvalue weighted by Gasteiger charge is 2.20. The van der Waals surface area contributed by atoms with Crippen LogP contribution in [0.5, 0.6) is 5.75 Å². The minimum Gasteiger partial charge on any atom is -0.485 e. The van der Waals surface area contributed by atoms with Crippen LogP contribution in [-0.2, 0) is 6.42 Å². The predicted octanol–water partition coefficient (Wildman–Crippen LogP) is 4.27. The van der Waals surface area contributed by atoms with Gasteiger partial charge in [0.2, 0.25) is 0 Å². The molecule has 3 aromatic carbocycles. The highest BCUT2D eigenvalue weighted by atomic mass is 35.5. The lowest BCUT2D eigenvalue weighted by molar-refractivity contribution is 0.0912. The van der Waals surface area contributed by atoms with E-state index in [0.717, 1.165) is 17.5 Å². The summed E-state index contributed by atoms with van der Waals surface area (Å²) in [6.45, 7) is -0.192. The molecule has 0 aromatic heterocycles. The molecule has 0 heterocycles. The Morgan fingerprint density at radius 3 is 2.56 bits per heavy atom. The van der Waals surface area contributed by atoms with E-state index < -0.39 is 5.91 Å². The van der Waals surface area contributed by atoms with Gasteiger partial charge in [0, 0.05) is 10.6 Å². The number of hydrogen-bond acceptors (Lipinski definition) is 3. The van der Waals surface area contributed by atoms with Gasteiger partial charge in [-0.3, -0.25) is 9.59 Å². The first kappa shape index (κ1) is 17.3. The summed E-state index contributed by atoms with van der Waals surface area (Å²) in [6.07, 6.45) is 0.878. The van der Waals surface area contributed by atoms with Gasteiger partial charge in [-0.15, -0.1) is 0 Å². The number of benzene rings is 3. The third-order valence-corrected chi connectivity index (χ3v) is 4.92. The number of carbonyl (C=O) groups is 2. The van der Waals surface area contributed by atoms with Crippen LogP contribution >= 0.6 is 11.6 Å². The van der Waals surface area contributed by atoms with E-state index in [0.29, 0.717) is 10.6 Å². The molecule has 0 bridgehead atoms. The molecule has 0 fully saturated rings. The average molecular weight is 378 g/mol. The van der Waals surface area contributed by atoms with Crippen molar-refractivity contribution in [3.05, 3.63) is 87.9 Å². The van der Waals surface area contributed by atoms with Crippen LogP contribution in [0, 0.1) is 0 Å². The van der Waals surface area contributed by atoms with Crippen molar-refractivity contribution in [3.63, 3.8) is 0 Å². The van der Waals surface area contributed by atoms with E-state index in [9.17, 15) is 9.59 Å². The third kappa shape index (κ3) is 3.32. The van der Waals surface area contributed by atoms with Crippen molar-refractivity contribution in [1.29, 1.82) is 0 Å². The number of amides is 1. The highest BCUT2D eigenvalue weighted by molar-refractivity contribution is 6.31. The molecule has 0 spiro atoms. The van der Waals surface area contributed by atoms with Gasteiger partial charge < -0.3 is 10.5 Å². The fraction of sp³-hybridized carbons (Fsp3) is 0.0909. The van der Waals surface area contributed by atoms with Crippen LogP contribution in [0.4, 0.5) is 0 Å². The first-order valence-electron chi connectivity index (χ1n) is 8.49. The number of rotatable bonds is 5. The zero-order chi connectivity index (χ0) is 19.0. The maximum absolute atomic E-state index is 12.6. The summed E-state index contributed by atoms with van der Waals surface area (Å²) >= 11 is 5.88. The lowest BCUT2D eigenvalue weighted by Crippen LogP contribution is -2.16. The molecule has 0 saturated heterocycles. The number of nitrogens with two attached hydrogens (primary N) is 1. The SMILES string of the molecule is NC(=O)c1cc(Cl)ccc1OCC(=O)c1ccc2c(c1)-c1ccccc1C2. The van der Waals surface area contributed by atoms with Crippen molar-refractivity contribution >= 4 is 23.3 Å². The molecule has 27 heavy (non-hydrogen) atoms. The standard InChI is InChI=1S/C22H16ClNO3/c23-16-7-8-21(19(11-16)22(24)26)27-12-20(25)15-6-5-14-9-13-3-1-2-4-17(13)18(14)10-15/h1-8,10-11H,9,12H2,(H2,24,26). The van der Waals surface area contributed by atoms with Gasteiger partial charge in [0.25, 0.3) is 5.91 Å². The monoisotopic (exact) mass is 377 g/mol. The molecule has 0 saturated carbocycles. The molecule has 0 unspecified atom stereocenters. The van der Waals surface area contributed by atoms with E-state index in [1.807, 2.05) is 30.3 Å². The molecule has 5 heteroatoms. The Kier molecular flexibility index (Phi) is 4.42. The van der Waals surface area contributed by atoms with Gasteiger partial charge in [0.1, 0.15) is 5.75 Å². The van der Waals surface area contributed by atoms with Gasteiger partial charge in [-0.2, -0.15) is 0 Å². The van der Waals surface area contributed by atoms with Crippen LogP contribution in [0.15, 0.2) is 60.7 Å². The van der Waals surface area contributed by atoms with Crippen LogP contribution in [-0.4, -0.2) is 18.3 Å². The number of ketones is 1. The predicted molar refractivity (Wildman–Crippen MR) is 104 cm³/mol. The average Bonchev–Trinajstić information content (AvgIpc) is 3.04. The smallest absolute Gasteiger partial charge is 0.252 e. The second-order valence-electron chi connectivity index (χ2n) is 6.42. The minimum absolute atomic E-state index is 0.151. The van der Waals surface area contributed by atoms with Crippen molar-refractivity contribution < 1.29 is 14.3 Å². The van der Waals surface area contributed by atoms with Gasteiger partial charge in [-0.25, -0.2) is 0 Å². The maximum Gasteiger partial charge on any atom is 0.252 e. The Morgan fingerprint density at radius 1 is 0.963 bits per heavy atom. The van der Waals surface area contributed by atoms with Crippen LogP contribution in [0.25, 0.3) is 11.1 Å². The summed E-state index contributed by atoms with van der Waals surface area (Å²) < 4.78 is 5.55. The zero-order valence-corrected chi connectivity index (χ0v) is 15.1. The molecule has 1 aliphatic rings. The Labute approximate surface area is 161 Å². The van der Waals surface area contributed by atoms with Gasteiger partial charge in [-0.1, -0.05) is 48.0 Å². The van der Waals surface area contributed by atoms with E-state index in [1.54, 1.807) is 6.07 Å². The number of halogens is 1. The summed E-state index contributed by atoms with van der Waals surface area (Å²) in [5, 5.41) is 0.375. The molecule has 1 amide bonds. The Bertz CT molecular complexity index is 1070. The van der Waals surface area contributed by atoms with Gasteiger partial charge in [0.05, 0.1) is 5.56 Å². The van der Waals surface area contributed by atoms with E-state index >= 15 is 0 Å². The molecule has 4 rings (SSSR count). The van der Waals surface area contributed by atoms with Gasteiger partial charge in [-0.05, 0) is 52.9 Å². The summed E-state index contributed by atoms with van der Waals surface area (Å²) in [6, 6.07) is 18.4. The minimum atomic E-state index is -0.658. The second kappa shape index (κ2) is 6.89. The third-order valence-electron chi connectivity index (χ3n) is 4.69. The Hall–Kier alpha value is -3.11. The largest absolute Gasteiger partial charge is 0.485 e. The number of fused-ring (bicyclic) bond motifs is 3. The fourth-order valence-electron chi connectivity index (χ4n) is 3.34. The van der Waals surface area contributed by atoms with Crippen molar-refractivity contribution in [3.8, 4) is 16.9 Å². The summed E-state index contributed by atoms with van der Waals surface area (Å²) in [5.74, 6) is -0.589. The van der Waals surface area contributed by atoms with E-state index in [-0.39, 0.29) is 23.7 Å². The summed E-state index contributed by atoms with van der Waals surface area (Å²) in [5.41, 5.74) is 10.8. The Morgan fingerprint density at radius 2 is 1.74 bits per heavy atom. The number of hydrogen-bond donors (Lipinski definition) is 1. The van der Waals surface area contributed by atoms with Crippen molar-refractivity contribution in [2.45, 2.75) is 6.42 Å². The van der Waals surface area contributed by atoms with Gasteiger partial charge >= 0.3 is 0 Å². The summed E-state index contributed by atoms with van der Waals surface area (Å²) in [7, 11) is 0. The first-order valence-corrected chi connectivity index (χ1v) is 8.87. The normalized spacial score (nSPS) is 11.6. The molecule has 2 N–H and O–H groups in total. The van der Waals surface area contributed by atoms with Crippen LogP contribution in [0.1, 0.15) is 31.8 Å². The molecule has 0 aliphatic heterocycles. The van der Waals surface area contributed by atoms with Crippen LogP contribution in [0.3, 0.4) is 0 Å². The van der Waals surface area contributed by atoms with Crippen molar-refractivity contribution in [1.82, 2.24) is 0 Å². The number of ether oxygens (including phenoxy) is 1. The molecule has 3 aromatic rings. The summed E-state index contributed by atoms with van der Waals surface area (Å²) in [4.78, 5) is 24.1. The number of primary amides is 1. The molecular weight excluding hydrogens is 362 g/mol. The fourth-order valence-corrected chi connectivity index (χ4v) is 3.52. The molecule has 4 nitrogen and oxygen atoms in total. The first-order chi connectivity index (χ1) is 13.0. The second-order valence-corrected chi connectivity index (χ2v) is 6.86. The Balaban J connectivity index is 1.55. The molecule has 134 valence electrons. The number of Topliss-reactive ketones (excluding diaryl/α,β-unsaturated/α-hetero) is 1.